The molecule has 0 spiro atoms. The first-order valence-electron chi connectivity index (χ1n) is 26.1. The van der Waals surface area contributed by atoms with Crippen molar-refractivity contribution in [2.24, 2.45) is 0 Å². The summed E-state index contributed by atoms with van der Waals surface area (Å²) in [5, 5.41) is 0. The molecule has 0 fully saturated rings. The monoisotopic (exact) mass is 897 g/mol. The number of hydrogen-bond donors (Lipinski definition) is 0. The van der Waals surface area contributed by atoms with Crippen molar-refractivity contribution >= 4 is 57.2 Å². The van der Waals surface area contributed by atoms with E-state index in [4.69, 9.17) is 0 Å². The molecule has 2 nitrogen and oxygen atoms in total. The Morgan fingerprint density at radius 1 is 0.397 bits per heavy atom. The molecule has 3 heteroatoms. The summed E-state index contributed by atoms with van der Waals surface area (Å²) >= 11 is 0. The van der Waals surface area contributed by atoms with Crippen LogP contribution in [-0.4, -0.2) is 6.71 Å². The molecule has 0 aromatic heterocycles. The second-order valence-electron chi connectivity index (χ2n) is 27.2. The highest BCUT2D eigenvalue weighted by Crippen LogP contribution is 2.56. The average molecular weight is 897 g/mol. The maximum Gasteiger partial charge on any atom is 0.252 e. The van der Waals surface area contributed by atoms with Gasteiger partial charge in [0.1, 0.15) is 0 Å². The van der Waals surface area contributed by atoms with Crippen LogP contribution in [0.5, 0.6) is 0 Å². The van der Waals surface area contributed by atoms with Crippen molar-refractivity contribution in [1.82, 2.24) is 0 Å². The van der Waals surface area contributed by atoms with Crippen LogP contribution in [0.4, 0.5) is 34.1 Å². The van der Waals surface area contributed by atoms with Crippen LogP contribution >= 0.6 is 0 Å². The molecule has 2 heterocycles. The molecule has 350 valence electrons. The lowest BCUT2D eigenvalue weighted by Gasteiger charge is -2.48. The number of rotatable bonds is 3. The van der Waals surface area contributed by atoms with Gasteiger partial charge in [-0.25, -0.2) is 0 Å². The molecule has 68 heavy (non-hydrogen) atoms. The van der Waals surface area contributed by atoms with Gasteiger partial charge in [0.25, 0.3) is 6.71 Å². The molecule has 0 radical (unpaired) electrons. The zero-order chi connectivity index (χ0) is 48.6. The highest BCUT2D eigenvalue weighted by atomic mass is 15.2. The molecule has 0 unspecified atom stereocenters. The van der Waals surface area contributed by atoms with Crippen LogP contribution in [0.25, 0.3) is 11.1 Å². The fraction of sp³-hybridized carbons (Fsp3) is 0.446. The first-order chi connectivity index (χ1) is 31.6. The predicted molar refractivity (Wildman–Crippen MR) is 295 cm³/mol. The van der Waals surface area contributed by atoms with Crippen molar-refractivity contribution in [2.75, 3.05) is 9.80 Å². The van der Waals surface area contributed by atoms with E-state index in [1.54, 1.807) is 0 Å². The minimum Gasteiger partial charge on any atom is -0.311 e. The van der Waals surface area contributed by atoms with E-state index < -0.39 is 0 Å². The quantitative estimate of drug-likeness (QED) is 0.163. The summed E-state index contributed by atoms with van der Waals surface area (Å²) in [5.74, 6) is 0. The number of aryl methyl sites for hydroxylation is 2. The predicted octanol–water partition coefficient (Wildman–Crippen LogP) is 16.0. The Kier molecular flexibility index (Phi) is 9.55. The number of nitrogens with zero attached hydrogens (tertiary/aromatic N) is 2. The fourth-order valence-corrected chi connectivity index (χ4v) is 14.1. The number of anilines is 6. The summed E-state index contributed by atoms with van der Waals surface area (Å²) in [6.45, 7) is 41.8. The van der Waals surface area contributed by atoms with Crippen LogP contribution in [0.1, 0.15) is 186 Å². The third-order valence-electron chi connectivity index (χ3n) is 18.3. The largest absolute Gasteiger partial charge is 0.311 e. The van der Waals surface area contributed by atoms with Crippen LogP contribution < -0.4 is 26.2 Å². The van der Waals surface area contributed by atoms with Crippen molar-refractivity contribution in [1.29, 1.82) is 0 Å². The highest BCUT2D eigenvalue weighted by Gasteiger charge is 2.49. The summed E-state index contributed by atoms with van der Waals surface area (Å²) in [7, 11) is 0. The van der Waals surface area contributed by atoms with E-state index in [1.165, 1.54) is 137 Å². The Morgan fingerprint density at radius 3 is 1.29 bits per heavy atom. The molecule has 0 atom stereocenters. The molecule has 6 aromatic carbocycles. The molecule has 0 N–H and O–H groups in total. The Balaban J connectivity index is 1.30. The molecule has 6 aromatic rings. The minimum absolute atomic E-state index is 0.0425. The number of fused-ring (bicyclic) bond motifs is 7. The summed E-state index contributed by atoms with van der Waals surface area (Å²) in [6.07, 6.45) is 5.89. The van der Waals surface area contributed by atoms with Gasteiger partial charge in [0.2, 0.25) is 0 Å². The SMILES string of the molecule is Cc1cc2c(cc1N1c3cc(-c4ccccc4)ccc3B3c4cc5c(cc4N(c4cc6c(cc4C)C(C)(C)CC6(C)C)c4cc(C(C)(C)C)cc1c43)C(C)(C)CCC5(C)C)C(C)(C)CCC2(C)C. The third-order valence-corrected chi connectivity index (χ3v) is 18.3. The summed E-state index contributed by atoms with van der Waals surface area (Å²) in [4.78, 5) is 5.50. The molecule has 0 saturated heterocycles. The molecule has 11 rings (SSSR count). The lowest BCUT2D eigenvalue weighted by atomic mass is 9.33. The molecular formula is C65H77BN2. The molecule has 0 saturated carbocycles. The smallest absolute Gasteiger partial charge is 0.252 e. The van der Waals surface area contributed by atoms with Crippen molar-refractivity contribution in [3.63, 3.8) is 0 Å². The van der Waals surface area contributed by atoms with E-state index >= 15 is 0 Å². The van der Waals surface area contributed by atoms with Gasteiger partial charge < -0.3 is 9.80 Å². The van der Waals surface area contributed by atoms with E-state index in [9.17, 15) is 0 Å². The first-order valence-corrected chi connectivity index (χ1v) is 26.1. The minimum atomic E-state index is -0.109. The maximum atomic E-state index is 2.77. The second-order valence-corrected chi connectivity index (χ2v) is 27.2. The molecular weight excluding hydrogens is 820 g/mol. The van der Waals surface area contributed by atoms with Crippen molar-refractivity contribution in [2.45, 2.75) is 188 Å². The summed E-state index contributed by atoms with van der Waals surface area (Å²) in [5.41, 5.74) is 28.2. The average Bonchev–Trinajstić information content (AvgIpc) is 3.44. The van der Waals surface area contributed by atoms with Gasteiger partial charge in [-0.3, -0.25) is 0 Å². The Bertz CT molecular complexity index is 3110. The van der Waals surface area contributed by atoms with Gasteiger partial charge in [0.15, 0.2) is 0 Å². The molecule has 2 aliphatic heterocycles. The van der Waals surface area contributed by atoms with E-state index in [1.807, 2.05) is 0 Å². The van der Waals surface area contributed by atoms with Gasteiger partial charge in [0, 0.05) is 34.1 Å². The zero-order valence-electron chi connectivity index (χ0n) is 44.7. The lowest BCUT2D eigenvalue weighted by Crippen LogP contribution is -2.62. The number of hydrogen-bond acceptors (Lipinski definition) is 2. The van der Waals surface area contributed by atoms with E-state index in [0.717, 1.165) is 6.42 Å². The van der Waals surface area contributed by atoms with Gasteiger partial charge in [-0.15, -0.1) is 0 Å². The van der Waals surface area contributed by atoms with Crippen molar-refractivity contribution in [3.05, 3.63) is 147 Å². The maximum absolute atomic E-state index is 2.77. The summed E-state index contributed by atoms with van der Waals surface area (Å²) < 4.78 is 0. The van der Waals surface area contributed by atoms with Crippen molar-refractivity contribution in [3.8, 4) is 11.1 Å². The van der Waals surface area contributed by atoms with Gasteiger partial charge in [0.05, 0.1) is 0 Å². The van der Waals surface area contributed by atoms with Crippen LogP contribution in [0, 0.1) is 13.8 Å². The Hall–Kier alpha value is -5.02. The first kappa shape index (κ1) is 45.4. The standard InChI is InChI=1S/C65H77BN2/c1-39-29-44-47(62(10,11)27-25-60(44,6)7)35-52(39)67-54-31-42(41-21-19-18-20-22-41)23-24-50(54)66-51-34-46-48(63(12,13)28-26-61(46,8)9)37-55(51)68(57-33-43(59(3,4)5)32-56(67)58(57)66)53-36-49-45(30-40(53)2)64(14,15)38-65(49,16)17/h18-24,29-37H,25-28,38H2,1-17H3. The highest BCUT2D eigenvalue weighted by molar-refractivity contribution is 7.00. The van der Waals surface area contributed by atoms with Crippen LogP contribution in [0.15, 0.2) is 97.1 Å². The van der Waals surface area contributed by atoms with E-state index in [-0.39, 0.29) is 44.6 Å². The summed E-state index contributed by atoms with van der Waals surface area (Å²) in [6, 6.07) is 39.5. The van der Waals surface area contributed by atoms with E-state index in [2.05, 4.69) is 225 Å². The fourth-order valence-electron chi connectivity index (χ4n) is 14.1. The van der Waals surface area contributed by atoms with Crippen molar-refractivity contribution < 1.29 is 0 Å². The third kappa shape index (κ3) is 6.63. The molecule has 5 aliphatic rings. The molecule has 3 aliphatic carbocycles. The Labute approximate surface area is 411 Å². The Morgan fingerprint density at radius 2 is 0.809 bits per heavy atom. The van der Waals surface area contributed by atoms with E-state index in [0.29, 0.717) is 0 Å². The second kappa shape index (κ2) is 14.3. The molecule has 0 amide bonds. The van der Waals surface area contributed by atoms with Gasteiger partial charge in [-0.05, 0) is 198 Å². The van der Waals surface area contributed by atoms with Gasteiger partial charge in [-0.2, -0.15) is 0 Å². The number of benzene rings is 6. The van der Waals surface area contributed by atoms with Crippen LogP contribution in [0.3, 0.4) is 0 Å². The van der Waals surface area contributed by atoms with Gasteiger partial charge >= 0.3 is 0 Å². The topological polar surface area (TPSA) is 6.48 Å². The lowest BCUT2D eigenvalue weighted by molar-refractivity contribution is 0.332. The molecule has 0 bridgehead atoms. The normalized spacial score (nSPS) is 20.5. The van der Waals surface area contributed by atoms with Gasteiger partial charge in [-0.1, -0.05) is 165 Å². The zero-order valence-corrected chi connectivity index (χ0v) is 44.7. The van der Waals surface area contributed by atoms with Crippen LogP contribution in [-0.2, 0) is 37.9 Å². The van der Waals surface area contributed by atoms with Crippen LogP contribution in [0.2, 0.25) is 0 Å².